The SMILES string of the molecule is Cc1nn(-c2nc(Cl)nc(-n3cncn3)n2)cc1Cl. The third-order valence-electron chi connectivity index (χ3n) is 2.25. The molecule has 3 aromatic heterocycles. The van der Waals surface area contributed by atoms with Gasteiger partial charge in [-0.2, -0.15) is 29.8 Å². The molecule has 96 valence electrons. The molecule has 0 atom stereocenters. The summed E-state index contributed by atoms with van der Waals surface area (Å²) >= 11 is 11.8. The van der Waals surface area contributed by atoms with E-state index in [0.717, 1.165) is 0 Å². The Kier molecular flexibility index (Phi) is 2.88. The van der Waals surface area contributed by atoms with Crippen LogP contribution in [-0.2, 0) is 0 Å². The average Bonchev–Trinajstić information content (AvgIpc) is 3.00. The van der Waals surface area contributed by atoms with Crippen LogP contribution in [0.2, 0.25) is 10.3 Å². The lowest BCUT2D eigenvalue weighted by atomic mass is 10.5. The van der Waals surface area contributed by atoms with Crippen molar-refractivity contribution in [2.75, 3.05) is 0 Å². The average molecular weight is 297 g/mol. The highest BCUT2D eigenvalue weighted by Gasteiger charge is 2.11. The van der Waals surface area contributed by atoms with Gasteiger partial charge in [0.2, 0.25) is 5.28 Å². The van der Waals surface area contributed by atoms with Crippen LogP contribution in [0.5, 0.6) is 0 Å². The highest BCUT2D eigenvalue weighted by atomic mass is 35.5. The van der Waals surface area contributed by atoms with Crippen LogP contribution in [0.4, 0.5) is 0 Å². The Hall–Kier alpha value is -2.06. The summed E-state index contributed by atoms with van der Waals surface area (Å²) < 4.78 is 2.79. The van der Waals surface area contributed by atoms with Crippen molar-refractivity contribution in [1.29, 1.82) is 0 Å². The number of rotatable bonds is 2. The molecule has 0 bridgehead atoms. The van der Waals surface area contributed by atoms with Crippen LogP contribution >= 0.6 is 23.2 Å². The summed E-state index contributed by atoms with van der Waals surface area (Å²) in [6.07, 6.45) is 4.41. The standard InChI is InChI=1S/C9H6Cl2N8/c1-5-6(10)2-18(17-5)8-14-7(11)15-9(16-8)19-4-12-3-13-19/h2-4H,1H3. The molecule has 3 rings (SSSR count). The van der Waals surface area contributed by atoms with Crippen molar-refractivity contribution in [1.82, 2.24) is 39.5 Å². The molecule has 19 heavy (non-hydrogen) atoms. The molecule has 0 spiro atoms. The van der Waals surface area contributed by atoms with Gasteiger partial charge in [0.05, 0.1) is 16.9 Å². The van der Waals surface area contributed by atoms with Gasteiger partial charge in [0.15, 0.2) is 0 Å². The molecule has 0 radical (unpaired) electrons. The molecule has 0 aliphatic heterocycles. The van der Waals surface area contributed by atoms with Crippen LogP contribution in [0.1, 0.15) is 5.69 Å². The summed E-state index contributed by atoms with van der Waals surface area (Å²) in [6, 6.07) is 0. The quantitative estimate of drug-likeness (QED) is 0.707. The zero-order valence-electron chi connectivity index (χ0n) is 9.57. The highest BCUT2D eigenvalue weighted by molar-refractivity contribution is 6.31. The van der Waals surface area contributed by atoms with E-state index in [1.54, 1.807) is 13.1 Å². The first-order valence-electron chi connectivity index (χ1n) is 5.12. The zero-order valence-corrected chi connectivity index (χ0v) is 11.1. The Morgan fingerprint density at radius 3 is 2.37 bits per heavy atom. The van der Waals surface area contributed by atoms with Gasteiger partial charge in [-0.3, -0.25) is 0 Å². The molecule has 8 nitrogen and oxygen atoms in total. The van der Waals surface area contributed by atoms with E-state index in [9.17, 15) is 0 Å². The molecule has 0 aliphatic carbocycles. The van der Waals surface area contributed by atoms with E-state index in [0.29, 0.717) is 10.7 Å². The van der Waals surface area contributed by atoms with Crippen LogP contribution in [0.3, 0.4) is 0 Å². The monoisotopic (exact) mass is 296 g/mol. The summed E-state index contributed by atoms with van der Waals surface area (Å²) in [5.74, 6) is 0.497. The summed E-state index contributed by atoms with van der Waals surface area (Å²) in [6.45, 7) is 1.78. The van der Waals surface area contributed by atoms with Gasteiger partial charge in [0, 0.05) is 0 Å². The van der Waals surface area contributed by atoms with Gasteiger partial charge in [-0.05, 0) is 18.5 Å². The van der Waals surface area contributed by atoms with Crippen LogP contribution in [0.15, 0.2) is 18.9 Å². The lowest BCUT2D eigenvalue weighted by Crippen LogP contribution is -2.09. The number of halogens is 2. The maximum Gasteiger partial charge on any atom is 0.258 e. The predicted octanol–water partition coefficient (Wildman–Crippen LogP) is 1.25. The molecule has 10 heteroatoms. The van der Waals surface area contributed by atoms with E-state index < -0.39 is 0 Å². The van der Waals surface area contributed by atoms with Crippen LogP contribution in [0.25, 0.3) is 11.9 Å². The molecule has 3 aromatic rings. The summed E-state index contributed by atoms with van der Waals surface area (Å²) in [7, 11) is 0. The van der Waals surface area contributed by atoms with E-state index in [-0.39, 0.29) is 17.2 Å². The van der Waals surface area contributed by atoms with Crippen molar-refractivity contribution in [3.05, 3.63) is 34.9 Å². The second kappa shape index (κ2) is 4.56. The third kappa shape index (κ3) is 2.27. The first-order valence-corrected chi connectivity index (χ1v) is 5.88. The molecule has 0 aromatic carbocycles. The lowest BCUT2D eigenvalue weighted by Gasteiger charge is -2.02. The second-order valence-electron chi connectivity index (χ2n) is 3.55. The largest absolute Gasteiger partial charge is 0.258 e. The molecule has 0 aliphatic rings. The highest BCUT2D eigenvalue weighted by Crippen LogP contribution is 2.15. The summed E-state index contributed by atoms with van der Waals surface area (Å²) in [4.78, 5) is 16.0. The van der Waals surface area contributed by atoms with E-state index >= 15 is 0 Å². The molecule has 3 heterocycles. The lowest BCUT2D eigenvalue weighted by molar-refractivity contribution is 0.739. The van der Waals surface area contributed by atoms with Gasteiger partial charge < -0.3 is 0 Å². The number of aryl methyl sites for hydroxylation is 1. The first kappa shape index (κ1) is 12.0. The van der Waals surface area contributed by atoms with Crippen molar-refractivity contribution < 1.29 is 0 Å². The van der Waals surface area contributed by atoms with Crippen molar-refractivity contribution in [3.8, 4) is 11.9 Å². The Bertz CT molecular complexity index is 700. The van der Waals surface area contributed by atoms with Gasteiger partial charge in [-0.25, -0.2) is 9.67 Å². The fraction of sp³-hybridized carbons (Fsp3) is 0.111. The van der Waals surface area contributed by atoms with Crippen molar-refractivity contribution >= 4 is 23.2 Å². The fourth-order valence-electron chi connectivity index (χ4n) is 1.39. The van der Waals surface area contributed by atoms with E-state index in [4.69, 9.17) is 23.2 Å². The third-order valence-corrected chi connectivity index (χ3v) is 2.79. The zero-order chi connectivity index (χ0) is 13.4. The molecule has 0 saturated carbocycles. The summed E-state index contributed by atoms with van der Waals surface area (Å²) in [5, 5.41) is 8.64. The maximum atomic E-state index is 5.94. The Morgan fingerprint density at radius 2 is 1.79 bits per heavy atom. The Balaban J connectivity index is 2.12. The number of aromatic nitrogens is 8. The number of hydrogen-bond donors (Lipinski definition) is 0. The molecule has 0 unspecified atom stereocenters. The molecule has 0 fully saturated rings. The molecule has 0 N–H and O–H groups in total. The van der Waals surface area contributed by atoms with Gasteiger partial charge in [0.1, 0.15) is 12.7 Å². The fourth-order valence-corrected chi connectivity index (χ4v) is 1.67. The smallest absolute Gasteiger partial charge is 0.223 e. The minimum atomic E-state index is 0.0276. The topological polar surface area (TPSA) is 87.2 Å². The normalized spacial score (nSPS) is 10.9. The Morgan fingerprint density at radius 1 is 1.05 bits per heavy atom. The molecular formula is C9H6Cl2N8. The second-order valence-corrected chi connectivity index (χ2v) is 4.30. The van der Waals surface area contributed by atoms with Gasteiger partial charge in [-0.1, -0.05) is 11.6 Å². The van der Waals surface area contributed by atoms with E-state index in [1.807, 2.05) is 0 Å². The number of hydrogen-bond acceptors (Lipinski definition) is 6. The van der Waals surface area contributed by atoms with Crippen LogP contribution in [0, 0.1) is 6.92 Å². The van der Waals surface area contributed by atoms with Crippen molar-refractivity contribution in [2.24, 2.45) is 0 Å². The molecule has 0 amide bonds. The van der Waals surface area contributed by atoms with Crippen LogP contribution in [-0.4, -0.2) is 39.5 Å². The minimum absolute atomic E-state index is 0.0276. The molecular weight excluding hydrogens is 291 g/mol. The molecule has 0 saturated heterocycles. The minimum Gasteiger partial charge on any atom is -0.223 e. The number of nitrogens with zero attached hydrogens (tertiary/aromatic N) is 8. The van der Waals surface area contributed by atoms with Crippen molar-refractivity contribution in [3.63, 3.8) is 0 Å². The van der Waals surface area contributed by atoms with Gasteiger partial charge in [0.25, 0.3) is 11.9 Å². The van der Waals surface area contributed by atoms with Gasteiger partial charge in [-0.15, -0.1) is 0 Å². The van der Waals surface area contributed by atoms with Crippen molar-refractivity contribution in [2.45, 2.75) is 6.92 Å². The first-order chi connectivity index (χ1) is 9.13. The Labute approximate surface area is 117 Å². The predicted molar refractivity (Wildman–Crippen MR) is 66.6 cm³/mol. The van der Waals surface area contributed by atoms with E-state index in [1.165, 1.54) is 22.0 Å². The van der Waals surface area contributed by atoms with Crippen LogP contribution < -0.4 is 0 Å². The van der Waals surface area contributed by atoms with Gasteiger partial charge >= 0.3 is 0 Å². The van der Waals surface area contributed by atoms with E-state index in [2.05, 4.69) is 30.1 Å². The maximum absolute atomic E-state index is 5.94. The summed E-state index contributed by atoms with van der Waals surface area (Å²) in [5.41, 5.74) is 0.667.